The molecule has 1 N–H and O–H groups in total. The van der Waals surface area contributed by atoms with E-state index in [-0.39, 0.29) is 22.2 Å². The van der Waals surface area contributed by atoms with E-state index in [4.69, 9.17) is 27.9 Å². The summed E-state index contributed by atoms with van der Waals surface area (Å²) >= 11 is 12.2. The summed E-state index contributed by atoms with van der Waals surface area (Å²) in [5.74, 6) is 0.534. The molecule has 2 heterocycles. The van der Waals surface area contributed by atoms with Crippen molar-refractivity contribution in [2.24, 2.45) is 0 Å². The lowest BCUT2D eigenvalue weighted by molar-refractivity contribution is 0.0619. The number of likely N-dealkylation sites (tertiary alicyclic amines) is 1. The van der Waals surface area contributed by atoms with Gasteiger partial charge in [-0.15, -0.1) is 0 Å². The molecule has 8 nitrogen and oxygen atoms in total. The summed E-state index contributed by atoms with van der Waals surface area (Å²) in [4.78, 5) is 20.0. The Kier molecular flexibility index (Phi) is 9.72. The van der Waals surface area contributed by atoms with E-state index >= 15 is 0 Å². The van der Waals surface area contributed by atoms with Gasteiger partial charge in [0.25, 0.3) is 15.9 Å². The molecule has 41 heavy (non-hydrogen) atoms. The average Bonchev–Trinajstić information content (AvgIpc) is 2.99. The first-order chi connectivity index (χ1) is 19.8. The van der Waals surface area contributed by atoms with Crippen LogP contribution in [-0.2, 0) is 10.0 Å². The zero-order valence-corrected chi connectivity index (χ0v) is 25.1. The minimum absolute atomic E-state index is 0.0379. The number of ether oxygens (including phenoxy) is 1. The quantitative estimate of drug-likeness (QED) is 0.326. The summed E-state index contributed by atoms with van der Waals surface area (Å²) in [5, 5.41) is 0.762. The van der Waals surface area contributed by atoms with Gasteiger partial charge in [-0.3, -0.25) is 14.4 Å². The third-order valence-corrected chi connectivity index (χ3v) is 9.41. The first-order valence-electron chi connectivity index (χ1n) is 13.9. The standard InChI is InChI=1S/C30H34Cl2N4O4S/c31-24-10-13-28(26(32)22-24)40-29-7-3-2-6-27(29)33-41(38,39)25-11-8-23(9-12-25)30(37)36-20-18-35(19-21-36)17-16-34-14-4-1-5-15-34/h2-3,6-13,22,33H,1,4-5,14-21H2. The molecule has 3 aromatic rings. The van der Waals surface area contributed by atoms with E-state index in [1.807, 2.05) is 4.90 Å². The molecule has 0 aliphatic carbocycles. The zero-order chi connectivity index (χ0) is 28.8. The predicted molar refractivity (Wildman–Crippen MR) is 163 cm³/mol. The van der Waals surface area contributed by atoms with Crippen LogP contribution in [0, 0.1) is 0 Å². The highest BCUT2D eigenvalue weighted by Crippen LogP contribution is 2.35. The molecule has 0 bridgehead atoms. The number of piperazine rings is 1. The number of halogens is 2. The zero-order valence-electron chi connectivity index (χ0n) is 22.8. The highest BCUT2D eigenvalue weighted by molar-refractivity contribution is 7.92. The molecule has 2 saturated heterocycles. The van der Waals surface area contributed by atoms with Crippen LogP contribution in [-0.4, -0.2) is 81.4 Å². The topological polar surface area (TPSA) is 82.2 Å². The molecule has 0 unspecified atom stereocenters. The molecular weight excluding hydrogens is 583 g/mol. The first-order valence-corrected chi connectivity index (χ1v) is 16.1. The van der Waals surface area contributed by atoms with E-state index in [1.54, 1.807) is 54.6 Å². The second-order valence-corrected chi connectivity index (χ2v) is 12.9. The number of carbonyl (C=O) groups is 1. The van der Waals surface area contributed by atoms with Gasteiger partial charge in [-0.2, -0.15) is 0 Å². The molecular formula is C30H34Cl2N4O4S. The highest BCUT2D eigenvalue weighted by Gasteiger charge is 2.24. The van der Waals surface area contributed by atoms with Gasteiger partial charge in [-0.05, 0) is 80.5 Å². The molecule has 5 rings (SSSR count). The monoisotopic (exact) mass is 616 g/mol. The molecule has 1 amide bonds. The van der Waals surface area contributed by atoms with E-state index in [2.05, 4.69) is 14.5 Å². The third-order valence-electron chi connectivity index (χ3n) is 7.50. The van der Waals surface area contributed by atoms with Crippen LogP contribution in [0.5, 0.6) is 11.5 Å². The van der Waals surface area contributed by atoms with Crippen LogP contribution in [0.15, 0.2) is 71.6 Å². The lowest BCUT2D eigenvalue weighted by atomic mass is 10.1. The number of para-hydroxylation sites is 2. The van der Waals surface area contributed by atoms with Crippen molar-refractivity contribution in [2.75, 3.05) is 57.1 Å². The minimum Gasteiger partial charge on any atom is -0.454 e. The molecule has 11 heteroatoms. The first kappa shape index (κ1) is 29.7. The van der Waals surface area contributed by atoms with E-state index in [0.717, 1.165) is 26.2 Å². The SMILES string of the molecule is O=C(c1ccc(S(=O)(=O)Nc2ccccc2Oc2ccc(Cl)cc2Cl)cc1)N1CCN(CCN2CCCCC2)CC1. The van der Waals surface area contributed by atoms with Gasteiger partial charge in [0, 0.05) is 49.9 Å². The fourth-order valence-corrected chi connectivity index (χ4v) is 6.64. The fraction of sp³-hybridized carbons (Fsp3) is 0.367. The van der Waals surface area contributed by atoms with E-state index in [0.29, 0.717) is 34.4 Å². The minimum atomic E-state index is -3.95. The molecule has 0 atom stereocenters. The van der Waals surface area contributed by atoms with Crippen molar-refractivity contribution in [1.82, 2.24) is 14.7 Å². The predicted octanol–water partition coefficient (Wildman–Crippen LogP) is 5.83. The number of carbonyl (C=O) groups excluding carboxylic acids is 1. The molecule has 2 aliphatic rings. The summed E-state index contributed by atoms with van der Waals surface area (Å²) in [6.07, 6.45) is 3.92. The Morgan fingerprint density at radius 1 is 0.780 bits per heavy atom. The molecule has 2 aliphatic heterocycles. The van der Waals surface area contributed by atoms with Crippen molar-refractivity contribution < 1.29 is 17.9 Å². The fourth-order valence-electron chi connectivity index (χ4n) is 5.12. The highest BCUT2D eigenvalue weighted by atomic mass is 35.5. The smallest absolute Gasteiger partial charge is 0.262 e. The number of hydrogen-bond acceptors (Lipinski definition) is 6. The van der Waals surface area contributed by atoms with Gasteiger partial charge < -0.3 is 14.5 Å². The molecule has 0 saturated carbocycles. The van der Waals surface area contributed by atoms with Crippen LogP contribution >= 0.6 is 23.2 Å². The Morgan fingerprint density at radius 3 is 2.12 bits per heavy atom. The largest absolute Gasteiger partial charge is 0.454 e. The lowest BCUT2D eigenvalue weighted by Crippen LogP contribution is -2.50. The summed E-state index contributed by atoms with van der Waals surface area (Å²) in [6.45, 7) is 7.52. The summed E-state index contributed by atoms with van der Waals surface area (Å²) in [7, 11) is -3.95. The maximum atomic E-state index is 13.2. The molecule has 0 aromatic heterocycles. The van der Waals surface area contributed by atoms with Crippen LogP contribution < -0.4 is 9.46 Å². The number of hydrogen-bond donors (Lipinski definition) is 1. The molecule has 0 spiro atoms. The Balaban J connectivity index is 1.18. The van der Waals surface area contributed by atoms with Gasteiger partial charge in [-0.1, -0.05) is 41.8 Å². The normalized spacial score (nSPS) is 16.9. The van der Waals surface area contributed by atoms with Gasteiger partial charge in [0.05, 0.1) is 15.6 Å². The lowest BCUT2D eigenvalue weighted by Gasteiger charge is -2.36. The average molecular weight is 618 g/mol. The second-order valence-electron chi connectivity index (χ2n) is 10.3. The van der Waals surface area contributed by atoms with E-state index in [9.17, 15) is 13.2 Å². The molecule has 2 fully saturated rings. The number of anilines is 1. The number of nitrogens with zero attached hydrogens (tertiary/aromatic N) is 3. The van der Waals surface area contributed by atoms with Gasteiger partial charge in [-0.25, -0.2) is 8.42 Å². The van der Waals surface area contributed by atoms with Gasteiger partial charge >= 0.3 is 0 Å². The van der Waals surface area contributed by atoms with Crippen LogP contribution in [0.3, 0.4) is 0 Å². The molecule has 0 radical (unpaired) electrons. The van der Waals surface area contributed by atoms with Gasteiger partial charge in [0.15, 0.2) is 5.75 Å². The maximum Gasteiger partial charge on any atom is 0.262 e. The van der Waals surface area contributed by atoms with Gasteiger partial charge in [0.2, 0.25) is 0 Å². The van der Waals surface area contributed by atoms with E-state index < -0.39 is 10.0 Å². The van der Waals surface area contributed by atoms with E-state index in [1.165, 1.54) is 44.5 Å². The maximum absolute atomic E-state index is 13.2. The number of rotatable bonds is 9. The Hall–Kier alpha value is -2.82. The molecule has 3 aromatic carbocycles. The number of piperidine rings is 1. The van der Waals surface area contributed by atoms with Crippen molar-refractivity contribution in [1.29, 1.82) is 0 Å². The van der Waals surface area contributed by atoms with Crippen LogP contribution in [0.25, 0.3) is 0 Å². The summed E-state index contributed by atoms with van der Waals surface area (Å²) in [6, 6.07) is 17.5. The van der Waals surface area contributed by atoms with Crippen molar-refractivity contribution in [3.63, 3.8) is 0 Å². The Bertz CT molecular complexity index is 1460. The second kappa shape index (κ2) is 13.4. The van der Waals surface area contributed by atoms with Crippen molar-refractivity contribution >= 4 is 44.8 Å². The number of benzene rings is 3. The van der Waals surface area contributed by atoms with Crippen molar-refractivity contribution in [3.8, 4) is 11.5 Å². The number of amides is 1. The number of nitrogens with one attached hydrogen (secondary N) is 1. The summed E-state index contributed by atoms with van der Waals surface area (Å²) < 4.78 is 34.9. The summed E-state index contributed by atoms with van der Waals surface area (Å²) in [5.41, 5.74) is 0.712. The molecule has 218 valence electrons. The van der Waals surface area contributed by atoms with Crippen LogP contribution in [0.2, 0.25) is 10.0 Å². The Labute approximate surface area is 251 Å². The van der Waals surface area contributed by atoms with Gasteiger partial charge in [0.1, 0.15) is 5.75 Å². The van der Waals surface area contributed by atoms with Crippen LogP contribution in [0.4, 0.5) is 5.69 Å². The number of sulfonamides is 1. The van der Waals surface area contributed by atoms with Crippen LogP contribution in [0.1, 0.15) is 29.6 Å². The third kappa shape index (κ3) is 7.72. The van der Waals surface area contributed by atoms with Crippen molar-refractivity contribution in [3.05, 3.63) is 82.3 Å². The van der Waals surface area contributed by atoms with Crippen molar-refractivity contribution in [2.45, 2.75) is 24.2 Å². The Morgan fingerprint density at radius 2 is 1.44 bits per heavy atom.